The molecule has 26 heavy (non-hydrogen) atoms. The molecule has 1 aliphatic rings. The van der Waals surface area contributed by atoms with Crippen LogP contribution in [0.4, 0.5) is 5.69 Å². The molecular weight excluding hydrogens is 344 g/mol. The maximum atomic E-state index is 12.8. The first-order valence-electron chi connectivity index (χ1n) is 9.18. The van der Waals surface area contributed by atoms with E-state index in [0.717, 1.165) is 36.6 Å². The van der Waals surface area contributed by atoms with Gasteiger partial charge < -0.3 is 10.2 Å². The SMILES string of the molecule is CC(C)c1ccc(NC2CCCN(C(=O)c3cn4ccsc4n3)C2)cc1. The molecule has 1 fully saturated rings. The normalized spacial score (nSPS) is 17.8. The van der Waals surface area contributed by atoms with E-state index in [2.05, 4.69) is 48.4 Å². The summed E-state index contributed by atoms with van der Waals surface area (Å²) in [6.45, 7) is 5.92. The van der Waals surface area contributed by atoms with Crippen molar-refractivity contribution in [2.24, 2.45) is 0 Å². The number of carbonyl (C=O) groups is 1. The number of nitrogens with zero attached hydrogens (tertiary/aromatic N) is 3. The number of benzene rings is 1. The average Bonchev–Trinajstić information content (AvgIpc) is 3.24. The maximum Gasteiger partial charge on any atom is 0.274 e. The lowest BCUT2D eigenvalue weighted by Crippen LogP contribution is -2.45. The van der Waals surface area contributed by atoms with E-state index in [1.54, 1.807) is 11.3 Å². The largest absolute Gasteiger partial charge is 0.381 e. The Morgan fingerprint density at radius 2 is 2.12 bits per heavy atom. The fourth-order valence-corrected chi connectivity index (χ4v) is 4.17. The number of likely N-dealkylation sites (tertiary alicyclic amines) is 1. The molecule has 1 aliphatic heterocycles. The summed E-state index contributed by atoms with van der Waals surface area (Å²) < 4.78 is 1.91. The van der Waals surface area contributed by atoms with Crippen molar-refractivity contribution in [3.05, 3.63) is 53.3 Å². The van der Waals surface area contributed by atoms with E-state index in [9.17, 15) is 4.79 Å². The second-order valence-electron chi connectivity index (χ2n) is 7.23. The first kappa shape index (κ1) is 17.1. The van der Waals surface area contributed by atoms with Gasteiger partial charge in [-0.25, -0.2) is 4.98 Å². The summed E-state index contributed by atoms with van der Waals surface area (Å²) in [5.74, 6) is 0.568. The highest BCUT2D eigenvalue weighted by atomic mass is 32.1. The fourth-order valence-electron chi connectivity index (χ4n) is 3.47. The topological polar surface area (TPSA) is 49.6 Å². The number of anilines is 1. The Hall–Kier alpha value is -2.34. The second-order valence-corrected chi connectivity index (χ2v) is 8.10. The second kappa shape index (κ2) is 7.11. The lowest BCUT2D eigenvalue weighted by atomic mass is 10.0. The Labute approximate surface area is 157 Å². The number of rotatable bonds is 4. The van der Waals surface area contributed by atoms with Gasteiger partial charge in [0.2, 0.25) is 0 Å². The van der Waals surface area contributed by atoms with Crippen LogP contribution in [0.1, 0.15) is 48.7 Å². The molecule has 2 aromatic heterocycles. The van der Waals surface area contributed by atoms with E-state index in [1.165, 1.54) is 5.56 Å². The van der Waals surface area contributed by atoms with Gasteiger partial charge in [0, 0.05) is 42.6 Å². The molecule has 0 spiro atoms. The quantitative estimate of drug-likeness (QED) is 0.749. The minimum absolute atomic E-state index is 0.0301. The smallest absolute Gasteiger partial charge is 0.274 e. The number of thiazole rings is 1. The monoisotopic (exact) mass is 368 g/mol. The standard InChI is InChI=1S/C20H24N4OS/c1-14(2)15-5-7-16(8-6-15)21-17-4-3-9-23(12-17)19(25)18-13-24-10-11-26-20(24)22-18/h5-8,10-11,13-14,17,21H,3-4,9,12H2,1-2H3. The van der Waals surface area contributed by atoms with Crippen molar-refractivity contribution < 1.29 is 4.79 Å². The molecule has 0 aliphatic carbocycles. The van der Waals surface area contributed by atoms with E-state index in [-0.39, 0.29) is 11.9 Å². The number of amides is 1. The summed E-state index contributed by atoms with van der Waals surface area (Å²) in [5.41, 5.74) is 3.01. The number of piperidine rings is 1. The Morgan fingerprint density at radius 1 is 1.31 bits per heavy atom. The van der Waals surface area contributed by atoms with Crippen molar-refractivity contribution in [1.29, 1.82) is 0 Å². The maximum absolute atomic E-state index is 12.8. The summed E-state index contributed by atoms with van der Waals surface area (Å²) in [5, 5.41) is 5.56. The van der Waals surface area contributed by atoms with Crippen LogP contribution in [-0.4, -0.2) is 39.3 Å². The number of hydrogen-bond acceptors (Lipinski definition) is 4. The van der Waals surface area contributed by atoms with Crippen LogP contribution in [0.5, 0.6) is 0 Å². The molecule has 6 heteroatoms. The van der Waals surface area contributed by atoms with Gasteiger partial charge in [-0.3, -0.25) is 9.20 Å². The van der Waals surface area contributed by atoms with Crippen molar-refractivity contribution in [3.63, 3.8) is 0 Å². The van der Waals surface area contributed by atoms with Crippen molar-refractivity contribution in [2.45, 2.75) is 38.6 Å². The van der Waals surface area contributed by atoms with Crippen LogP contribution in [0.2, 0.25) is 0 Å². The van der Waals surface area contributed by atoms with Crippen LogP contribution in [0.15, 0.2) is 42.0 Å². The number of aromatic nitrogens is 2. The van der Waals surface area contributed by atoms with E-state index < -0.39 is 0 Å². The predicted octanol–water partition coefficient (Wildman–Crippen LogP) is 4.24. The molecule has 1 unspecified atom stereocenters. The van der Waals surface area contributed by atoms with Crippen molar-refractivity contribution in [1.82, 2.24) is 14.3 Å². The van der Waals surface area contributed by atoms with Crippen LogP contribution in [0.25, 0.3) is 4.96 Å². The van der Waals surface area contributed by atoms with Gasteiger partial charge in [-0.15, -0.1) is 11.3 Å². The number of fused-ring (bicyclic) bond motifs is 1. The van der Waals surface area contributed by atoms with Crippen LogP contribution >= 0.6 is 11.3 Å². The summed E-state index contributed by atoms with van der Waals surface area (Å²) in [6, 6.07) is 8.91. The molecule has 4 rings (SSSR count). The highest BCUT2D eigenvalue weighted by Crippen LogP contribution is 2.21. The molecule has 1 atom stereocenters. The molecule has 3 heterocycles. The van der Waals surface area contributed by atoms with Gasteiger partial charge in [-0.1, -0.05) is 26.0 Å². The zero-order valence-electron chi connectivity index (χ0n) is 15.2. The molecule has 0 saturated carbocycles. The number of hydrogen-bond donors (Lipinski definition) is 1. The molecule has 3 aromatic rings. The van der Waals surface area contributed by atoms with Gasteiger partial charge in [-0.2, -0.15) is 0 Å². The fraction of sp³-hybridized carbons (Fsp3) is 0.400. The average molecular weight is 369 g/mol. The molecular formula is C20H24N4OS. The predicted molar refractivity (Wildman–Crippen MR) is 106 cm³/mol. The summed E-state index contributed by atoms with van der Waals surface area (Å²) >= 11 is 1.55. The van der Waals surface area contributed by atoms with Crippen LogP contribution in [0, 0.1) is 0 Å². The third-order valence-electron chi connectivity index (χ3n) is 4.97. The van der Waals surface area contributed by atoms with E-state index >= 15 is 0 Å². The Morgan fingerprint density at radius 3 is 2.85 bits per heavy atom. The zero-order chi connectivity index (χ0) is 18.1. The van der Waals surface area contributed by atoms with Crippen LogP contribution in [0.3, 0.4) is 0 Å². The molecule has 1 amide bonds. The van der Waals surface area contributed by atoms with Crippen molar-refractivity contribution in [2.75, 3.05) is 18.4 Å². The summed E-state index contributed by atoms with van der Waals surface area (Å²) in [6.07, 6.45) is 5.85. The highest BCUT2D eigenvalue weighted by molar-refractivity contribution is 7.15. The highest BCUT2D eigenvalue weighted by Gasteiger charge is 2.26. The molecule has 0 radical (unpaired) electrons. The molecule has 1 saturated heterocycles. The molecule has 1 N–H and O–H groups in total. The van der Waals surface area contributed by atoms with Gasteiger partial charge in [-0.05, 0) is 36.5 Å². The first-order valence-corrected chi connectivity index (χ1v) is 10.1. The lowest BCUT2D eigenvalue weighted by Gasteiger charge is -2.33. The Bertz CT molecular complexity index is 868. The van der Waals surface area contributed by atoms with Gasteiger partial charge >= 0.3 is 0 Å². The molecule has 136 valence electrons. The Kier molecular flexibility index (Phi) is 4.68. The minimum Gasteiger partial charge on any atom is -0.381 e. The third-order valence-corrected chi connectivity index (χ3v) is 5.74. The number of nitrogens with one attached hydrogen (secondary N) is 1. The van der Waals surface area contributed by atoms with Crippen molar-refractivity contribution in [3.8, 4) is 0 Å². The third kappa shape index (κ3) is 3.46. The summed E-state index contributed by atoms with van der Waals surface area (Å²) in [4.78, 5) is 20.1. The van der Waals surface area contributed by atoms with Gasteiger partial charge in [0.15, 0.2) is 4.96 Å². The minimum atomic E-state index is 0.0301. The first-order chi connectivity index (χ1) is 12.6. The van der Waals surface area contributed by atoms with E-state index in [4.69, 9.17) is 0 Å². The van der Waals surface area contributed by atoms with Crippen LogP contribution in [-0.2, 0) is 0 Å². The number of carbonyl (C=O) groups excluding carboxylic acids is 1. The summed E-state index contributed by atoms with van der Waals surface area (Å²) in [7, 11) is 0. The van der Waals surface area contributed by atoms with E-state index in [1.807, 2.05) is 27.1 Å². The van der Waals surface area contributed by atoms with Crippen molar-refractivity contribution >= 4 is 27.9 Å². The molecule has 0 bridgehead atoms. The molecule has 1 aromatic carbocycles. The van der Waals surface area contributed by atoms with Gasteiger partial charge in [0.25, 0.3) is 5.91 Å². The molecule has 5 nitrogen and oxygen atoms in total. The zero-order valence-corrected chi connectivity index (χ0v) is 16.0. The Balaban J connectivity index is 1.41. The van der Waals surface area contributed by atoms with Gasteiger partial charge in [0.1, 0.15) is 5.69 Å². The van der Waals surface area contributed by atoms with Crippen LogP contribution < -0.4 is 5.32 Å². The van der Waals surface area contributed by atoms with Gasteiger partial charge in [0.05, 0.1) is 0 Å². The number of imidazole rings is 1. The lowest BCUT2D eigenvalue weighted by molar-refractivity contribution is 0.0709. The van der Waals surface area contributed by atoms with E-state index in [0.29, 0.717) is 11.6 Å².